The summed E-state index contributed by atoms with van der Waals surface area (Å²) in [5, 5.41) is 4.52. The van der Waals surface area contributed by atoms with Crippen LogP contribution in [0.25, 0.3) is 10.9 Å². The highest BCUT2D eigenvalue weighted by atomic mass is 16.1. The maximum atomic E-state index is 14.0. The normalized spacial score (nSPS) is 17.6. The van der Waals surface area contributed by atoms with E-state index in [4.69, 9.17) is 0 Å². The Bertz CT molecular complexity index is 1410. The zero-order valence-electron chi connectivity index (χ0n) is 19.5. The molecule has 0 saturated heterocycles. The van der Waals surface area contributed by atoms with Gasteiger partial charge in [-0.05, 0) is 55.5 Å². The minimum absolute atomic E-state index is 0.0969. The summed E-state index contributed by atoms with van der Waals surface area (Å²) < 4.78 is 1.76. The first-order valence-corrected chi connectivity index (χ1v) is 11.8. The number of hydrogen-bond acceptors (Lipinski definition) is 4. The summed E-state index contributed by atoms with van der Waals surface area (Å²) in [6.45, 7) is 10.8. The topological polar surface area (TPSA) is 54.3 Å². The van der Waals surface area contributed by atoms with Crippen LogP contribution in [0.1, 0.15) is 36.4 Å². The Labute approximate surface area is 199 Å². The molecule has 1 aromatic heterocycles. The number of para-hydroxylation sites is 2. The zero-order valence-corrected chi connectivity index (χ0v) is 19.5. The minimum atomic E-state index is -0.509. The molecule has 1 N–H and O–H groups in total. The first-order valence-electron chi connectivity index (χ1n) is 11.8. The van der Waals surface area contributed by atoms with Crippen molar-refractivity contribution in [2.24, 2.45) is 0 Å². The number of nitrogens with zero attached hydrogens (tertiary/aromatic N) is 2. The molecule has 0 saturated carbocycles. The third-order valence-electron chi connectivity index (χ3n) is 6.75. The Morgan fingerprint density at radius 2 is 1.82 bits per heavy atom. The highest BCUT2D eigenvalue weighted by molar-refractivity contribution is 6.01. The van der Waals surface area contributed by atoms with E-state index < -0.39 is 6.04 Å². The molecule has 2 heterocycles. The maximum absolute atomic E-state index is 14.0. The number of rotatable bonds is 5. The molecular weight excluding hydrogens is 422 g/mol. The second kappa shape index (κ2) is 8.82. The lowest BCUT2D eigenvalue weighted by atomic mass is 9.85. The molecule has 0 amide bonds. The van der Waals surface area contributed by atoms with E-state index >= 15 is 0 Å². The van der Waals surface area contributed by atoms with Crippen molar-refractivity contribution in [3.8, 4) is 0 Å². The molecule has 1 atom stereocenters. The summed E-state index contributed by atoms with van der Waals surface area (Å²) >= 11 is 0. The summed E-state index contributed by atoms with van der Waals surface area (Å²) in [5.74, 6) is 0.0969. The molecule has 1 aliphatic heterocycles. The largest absolute Gasteiger partial charge is 0.357 e. The van der Waals surface area contributed by atoms with Gasteiger partial charge in [0, 0.05) is 36.3 Å². The van der Waals surface area contributed by atoms with E-state index in [9.17, 15) is 9.59 Å². The SMILES string of the molecule is C=CCN1c2ccccc2NC2=C(C(=O)CCC2)C1c1cc2cc(C)ccc2n(CC=C)c1=O. The Kier molecular flexibility index (Phi) is 5.70. The molecule has 5 rings (SSSR count). The van der Waals surface area contributed by atoms with Crippen LogP contribution in [0.15, 0.2) is 89.9 Å². The fourth-order valence-corrected chi connectivity index (χ4v) is 5.30. The number of aryl methyl sites for hydroxylation is 1. The van der Waals surface area contributed by atoms with Crippen LogP contribution in [0.5, 0.6) is 0 Å². The molecule has 3 aromatic rings. The number of carbonyl (C=O) groups excluding carboxylic acids is 1. The van der Waals surface area contributed by atoms with Crippen molar-refractivity contribution in [2.45, 2.75) is 38.8 Å². The third kappa shape index (κ3) is 3.58. The standard InChI is InChI=1S/C29H29N3O2/c1-4-15-31-25-11-7-6-9-22(25)30-23-10-8-12-26(33)27(23)28(31)21-18-20-17-19(3)13-14-24(20)32(16-5-2)29(21)34/h4-7,9,11,13-14,17-18,28,30H,1-2,8,10,12,15-16H2,3H3. The van der Waals surface area contributed by atoms with Gasteiger partial charge in [0.2, 0.25) is 0 Å². The summed E-state index contributed by atoms with van der Waals surface area (Å²) in [7, 11) is 0. The lowest BCUT2D eigenvalue weighted by Gasteiger charge is -2.34. The van der Waals surface area contributed by atoms with Crippen molar-refractivity contribution in [3.63, 3.8) is 0 Å². The van der Waals surface area contributed by atoms with Gasteiger partial charge < -0.3 is 14.8 Å². The number of pyridine rings is 1. The predicted molar refractivity (Wildman–Crippen MR) is 139 cm³/mol. The molecule has 34 heavy (non-hydrogen) atoms. The number of ketones is 1. The monoisotopic (exact) mass is 451 g/mol. The first kappa shape index (κ1) is 22.0. The van der Waals surface area contributed by atoms with Crippen LogP contribution >= 0.6 is 0 Å². The quantitative estimate of drug-likeness (QED) is 0.509. The van der Waals surface area contributed by atoms with E-state index in [1.54, 1.807) is 10.6 Å². The van der Waals surface area contributed by atoms with Gasteiger partial charge >= 0.3 is 0 Å². The van der Waals surface area contributed by atoms with E-state index in [1.165, 1.54) is 0 Å². The Morgan fingerprint density at radius 1 is 1.03 bits per heavy atom. The summed E-state index contributed by atoms with van der Waals surface area (Å²) in [5.41, 5.74) is 5.99. The number of nitrogens with one attached hydrogen (secondary N) is 1. The number of anilines is 2. The van der Waals surface area contributed by atoms with Gasteiger partial charge in [-0.2, -0.15) is 0 Å². The highest BCUT2D eigenvalue weighted by Gasteiger charge is 2.38. The van der Waals surface area contributed by atoms with Gasteiger partial charge in [-0.25, -0.2) is 0 Å². The van der Waals surface area contributed by atoms with Crippen molar-refractivity contribution >= 4 is 28.1 Å². The average molecular weight is 452 g/mol. The van der Waals surface area contributed by atoms with Crippen LogP contribution in [-0.2, 0) is 11.3 Å². The van der Waals surface area contributed by atoms with Crippen molar-refractivity contribution < 1.29 is 4.79 Å². The number of aromatic nitrogens is 1. The maximum Gasteiger partial charge on any atom is 0.256 e. The van der Waals surface area contributed by atoms with Crippen LogP contribution in [0.3, 0.4) is 0 Å². The van der Waals surface area contributed by atoms with E-state index in [2.05, 4.69) is 29.4 Å². The molecule has 1 aliphatic carbocycles. The minimum Gasteiger partial charge on any atom is -0.357 e. The van der Waals surface area contributed by atoms with Gasteiger partial charge in [0.15, 0.2) is 5.78 Å². The summed E-state index contributed by atoms with van der Waals surface area (Å²) in [6.07, 6.45) is 5.64. The predicted octanol–water partition coefficient (Wildman–Crippen LogP) is 5.66. The number of allylic oxidation sites excluding steroid dienone is 2. The fourth-order valence-electron chi connectivity index (χ4n) is 5.30. The molecular formula is C29H29N3O2. The number of fused-ring (bicyclic) bond motifs is 2. The second-order valence-electron chi connectivity index (χ2n) is 9.02. The first-order chi connectivity index (χ1) is 16.5. The smallest absolute Gasteiger partial charge is 0.256 e. The number of hydrogen-bond donors (Lipinski definition) is 1. The van der Waals surface area contributed by atoms with Crippen LogP contribution in [-0.4, -0.2) is 16.9 Å². The third-order valence-corrected chi connectivity index (χ3v) is 6.75. The molecule has 0 spiro atoms. The van der Waals surface area contributed by atoms with Gasteiger partial charge in [-0.1, -0.05) is 35.9 Å². The van der Waals surface area contributed by atoms with Crippen molar-refractivity contribution in [3.05, 3.63) is 107 Å². The summed E-state index contributed by atoms with van der Waals surface area (Å²) in [6, 6.07) is 15.6. The number of benzene rings is 2. The Hall–Kier alpha value is -3.86. The van der Waals surface area contributed by atoms with E-state index in [0.29, 0.717) is 30.6 Å². The molecule has 5 nitrogen and oxygen atoms in total. The van der Waals surface area contributed by atoms with Gasteiger partial charge in [-0.15, -0.1) is 13.2 Å². The van der Waals surface area contributed by atoms with Crippen LogP contribution < -0.4 is 15.8 Å². The van der Waals surface area contributed by atoms with Crippen LogP contribution in [0.2, 0.25) is 0 Å². The summed E-state index contributed by atoms with van der Waals surface area (Å²) in [4.78, 5) is 29.6. The lowest BCUT2D eigenvalue weighted by molar-refractivity contribution is -0.116. The molecule has 2 aliphatic rings. The van der Waals surface area contributed by atoms with Crippen LogP contribution in [0, 0.1) is 6.92 Å². The molecule has 0 radical (unpaired) electrons. The molecule has 2 aromatic carbocycles. The second-order valence-corrected chi connectivity index (χ2v) is 9.02. The van der Waals surface area contributed by atoms with Crippen molar-refractivity contribution in [1.82, 2.24) is 4.57 Å². The van der Waals surface area contributed by atoms with Crippen LogP contribution in [0.4, 0.5) is 11.4 Å². The Morgan fingerprint density at radius 3 is 2.62 bits per heavy atom. The number of Topliss-reactive ketones (excluding diaryl/α,β-unsaturated/α-hetero) is 1. The fraction of sp³-hybridized carbons (Fsp3) is 0.241. The molecule has 5 heteroatoms. The highest BCUT2D eigenvalue weighted by Crippen LogP contribution is 2.44. The van der Waals surface area contributed by atoms with Crippen molar-refractivity contribution in [2.75, 3.05) is 16.8 Å². The van der Waals surface area contributed by atoms with Gasteiger partial charge in [0.1, 0.15) is 0 Å². The lowest BCUT2D eigenvalue weighted by Crippen LogP contribution is -2.38. The molecule has 0 fully saturated rings. The Balaban J connectivity index is 1.86. The van der Waals surface area contributed by atoms with Gasteiger partial charge in [0.05, 0.1) is 22.9 Å². The van der Waals surface area contributed by atoms with E-state index in [-0.39, 0.29) is 11.3 Å². The molecule has 1 unspecified atom stereocenters. The van der Waals surface area contributed by atoms with E-state index in [1.807, 2.05) is 55.5 Å². The van der Waals surface area contributed by atoms with Gasteiger partial charge in [0.25, 0.3) is 5.56 Å². The zero-order chi connectivity index (χ0) is 23.8. The van der Waals surface area contributed by atoms with Crippen molar-refractivity contribution in [1.29, 1.82) is 0 Å². The average Bonchev–Trinajstić information content (AvgIpc) is 2.96. The van der Waals surface area contributed by atoms with E-state index in [0.717, 1.165) is 46.4 Å². The van der Waals surface area contributed by atoms with Gasteiger partial charge in [-0.3, -0.25) is 9.59 Å². The number of carbonyl (C=O) groups is 1. The molecule has 172 valence electrons. The molecule has 0 bridgehead atoms.